The number of rotatable bonds is 3. The number of ether oxygens (including phenoxy) is 2. The Hall–Kier alpha value is -0.240. The monoisotopic (exact) mass is 236 g/mol. The molecule has 16 heavy (non-hydrogen) atoms. The van der Waals surface area contributed by atoms with Gasteiger partial charge >= 0.3 is 0 Å². The van der Waals surface area contributed by atoms with Crippen molar-refractivity contribution in [3.05, 3.63) is 0 Å². The van der Waals surface area contributed by atoms with E-state index in [0.29, 0.717) is 0 Å². The van der Waals surface area contributed by atoms with Gasteiger partial charge in [-0.25, -0.2) is 0 Å². The molecule has 0 aromatic carbocycles. The Bertz CT molecular complexity index is 229. The Morgan fingerprint density at radius 1 is 1.12 bits per heavy atom. The normalized spacial score (nSPS) is 41.1. The average Bonchev–Trinajstić information content (AvgIpc) is 2.26. The molecule has 2 unspecified atom stereocenters. The fourth-order valence-electron chi connectivity index (χ4n) is 1.79. The minimum atomic E-state index is -1.36. The molecule has 0 spiro atoms. The number of methoxy groups -OCH3 is 1. The molecule has 0 bridgehead atoms. The molecule has 1 heterocycles. The van der Waals surface area contributed by atoms with E-state index in [0.717, 1.165) is 0 Å². The largest absolute Gasteiger partial charge is 0.394 e. The van der Waals surface area contributed by atoms with E-state index >= 15 is 0 Å². The van der Waals surface area contributed by atoms with Crippen molar-refractivity contribution in [1.82, 2.24) is 0 Å². The molecule has 0 aliphatic carbocycles. The van der Waals surface area contributed by atoms with Crippen molar-refractivity contribution >= 4 is 0 Å². The third kappa shape index (κ3) is 2.37. The quantitative estimate of drug-likeness (QED) is 0.464. The lowest BCUT2D eigenvalue weighted by molar-refractivity contribution is -0.267. The molecule has 0 aromatic heterocycles. The molecule has 0 aromatic rings. The summed E-state index contributed by atoms with van der Waals surface area (Å²) in [5.74, 6) is 0. The minimum Gasteiger partial charge on any atom is -0.394 e. The van der Waals surface area contributed by atoms with Gasteiger partial charge in [-0.05, 0) is 13.8 Å². The Morgan fingerprint density at radius 2 is 1.69 bits per heavy atom. The summed E-state index contributed by atoms with van der Waals surface area (Å²) in [7, 11) is 1.46. The third-order valence-electron chi connectivity index (χ3n) is 3.10. The number of aliphatic hydroxyl groups excluding tert-OH is 4. The molecule has 1 aliphatic rings. The van der Waals surface area contributed by atoms with Gasteiger partial charge in [-0.1, -0.05) is 0 Å². The van der Waals surface area contributed by atoms with E-state index in [2.05, 4.69) is 0 Å². The zero-order valence-electron chi connectivity index (χ0n) is 9.70. The van der Waals surface area contributed by atoms with Gasteiger partial charge in [0, 0.05) is 7.11 Å². The van der Waals surface area contributed by atoms with Crippen molar-refractivity contribution in [3.63, 3.8) is 0 Å². The molecule has 0 radical (unpaired) electrons. The second kappa shape index (κ2) is 4.95. The Balaban J connectivity index is 2.87. The lowest BCUT2D eigenvalue weighted by Gasteiger charge is -2.45. The number of hydrogen-bond acceptors (Lipinski definition) is 6. The topological polar surface area (TPSA) is 99.4 Å². The zero-order chi connectivity index (χ0) is 12.5. The van der Waals surface area contributed by atoms with Crippen LogP contribution in [0.5, 0.6) is 0 Å². The summed E-state index contributed by atoms with van der Waals surface area (Å²) in [5, 5.41) is 38.0. The predicted octanol–water partition coefficient (Wildman–Crippen LogP) is -1.75. The van der Waals surface area contributed by atoms with Gasteiger partial charge < -0.3 is 29.9 Å². The summed E-state index contributed by atoms with van der Waals surface area (Å²) < 4.78 is 10.5. The molecule has 6 heteroatoms. The second-order valence-electron chi connectivity index (χ2n) is 4.56. The molecule has 5 atom stereocenters. The van der Waals surface area contributed by atoms with E-state index in [-0.39, 0.29) is 0 Å². The van der Waals surface area contributed by atoms with Crippen LogP contribution >= 0.6 is 0 Å². The van der Waals surface area contributed by atoms with Gasteiger partial charge in [-0.15, -0.1) is 0 Å². The molecule has 1 rings (SSSR count). The first kappa shape index (κ1) is 13.8. The van der Waals surface area contributed by atoms with Crippen LogP contribution in [0.3, 0.4) is 0 Å². The van der Waals surface area contributed by atoms with Crippen molar-refractivity contribution < 1.29 is 29.9 Å². The molecule has 1 fully saturated rings. The van der Waals surface area contributed by atoms with Gasteiger partial charge in [0.25, 0.3) is 0 Å². The Labute approximate surface area is 94.4 Å². The molecular formula is C10H20O6. The summed E-state index contributed by atoms with van der Waals surface area (Å²) in [4.78, 5) is 0. The molecule has 0 saturated carbocycles. The fraction of sp³-hybridized carbons (Fsp3) is 1.00. The lowest BCUT2D eigenvalue weighted by Crippen LogP contribution is -2.64. The van der Waals surface area contributed by atoms with Crippen LogP contribution in [0.2, 0.25) is 0 Å². The van der Waals surface area contributed by atoms with E-state index < -0.39 is 42.7 Å². The smallest absolute Gasteiger partial charge is 0.115 e. The van der Waals surface area contributed by atoms with Crippen LogP contribution in [-0.4, -0.2) is 70.3 Å². The summed E-state index contributed by atoms with van der Waals surface area (Å²) in [6.07, 6.45) is -5.65. The van der Waals surface area contributed by atoms with Crippen LogP contribution in [0.15, 0.2) is 0 Å². The van der Waals surface area contributed by atoms with Crippen molar-refractivity contribution in [1.29, 1.82) is 0 Å². The zero-order valence-corrected chi connectivity index (χ0v) is 9.70. The predicted molar refractivity (Wildman–Crippen MR) is 54.9 cm³/mol. The molecule has 6 nitrogen and oxygen atoms in total. The molecule has 1 aliphatic heterocycles. The molecule has 1 saturated heterocycles. The summed E-state index contributed by atoms with van der Waals surface area (Å²) in [6, 6.07) is 0. The average molecular weight is 236 g/mol. The Kier molecular flexibility index (Phi) is 4.28. The van der Waals surface area contributed by atoms with E-state index in [1.54, 1.807) is 13.8 Å². The highest BCUT2D eigenvalue weighted by atomic mass is 16.6. The molecule has 4 N–H and O–H groups in total. The highest BCUT2D eigenvalue weighted by Crippen LogP contribution is 2.29. The van der Waals surface area contributed by atoms with Crippen molar-refractivity contribution in [3.8, 4) is 0 Å². The van der Waals surface area contributed by atoms with E-state index in [1.807, 2.05) is 0 Å². The summed E-state index contributed by atoms with van der Waals surface area (Å²) >= 11 is 0. The van der Waals surface area contributed by atoms with Crippen LogP contribution < -0.4 is 0 Å². The second-order valence-corrected chi connectivity index (χ2v) is 4.56. The van der Waals surface area contributed by atoms with E-state index in [4.69, 9.17) is 14.6 Å². The van der Waals surface area contributed by atoms with Crippen LogP contribution in [-0.2, 0) is 9.47 Å². The van der Waals surface area contributed by atoms with Crippen molar-refractivity contribution in [2.75, 3.05) is 13.7 Å². The first-order valence-corrected chi connectivity index (χ1v) is 5.20. The summed E-state index contributed by atoms with van der Waals surface area (Å²) in [6.45, 7) is 2.96. The first-order chi connectivity index (χ1) is 7.35. The highest BCUT2D eigenvalue weighted by Gasteiger charge is 2.49. The number of aliphatic hydroxyl groups is 4. The van der Waals surface area contributed by atoms with Gasteiger partial charge in [-0.3, -0.25) is 0 Å². The number of hydrogen-bond donors (Lipinski definition) is 4. The molecule has 0 amide bonds. The van der Waals surface area contributed by atoms with Crippen LogP contribution in [0.25, 0.3) is 0 Å². The van der Waals surface area contributed by atoms with Gasteiger partial charge in [0.15, 0.2) is 0 Å². The summed E-state index contributed by atoms with van der Waals surface area (Å²) in [5.41, 5.74) is -0.825. The van der Waals surface area contributed by atoms with E-state index in [1.165, 1.54) is 7.11 Å². The molecular weight excluding hydrogens is 216 g/mol. The Morgan fingerprint density at radius 3 is 2.12 bits per heavy atom. The molecule has 96 valence electrons. The lowest BCUT2D eigenvalue weighted by atomic mass is 9.87. The van der Waals surface area contributed by atoms with Gasteiger partial charge in [0.05, 0.1) is 12.2 Å². The van der Waals surface area contributed by atoms with Gasteiger partial charge in [0.2, 0.25) is 0 Å². The third-order valence-corrected chi connectivity index (χ3v) is 3.10. The van der Waals surface area contributed by atoms with E-state index in [9.17, 15) is 15.3 Å². The first-order valence-electron chi connectivity index (χ1n) is 5.20. The van der Waals surface area contributed by atoms with Crippen LogP contribution in [0.1, 0.15) is 13.8 Å². The SMILES string of the molecule is COC(C)(C)[C@H]1OC(CO)[C@@H](O)[C@@H](O)C1O. The minimum absolute atomic E-state index is 0.429. The fourth-order valence-corrected chi connectivity index (χ4v) is 1.79. The van der Waals surface area contributed by atoms with Gasteiger partial charge in [0.1, 0.15) is 30.5 Å². The van der Waals surface area contributed by atoms with Crippen molar-refractivity contribution in [2.24, 2.45) is 0 Å². The standard InChI is InChI=1S/C10H20O6/c1-10(2,15-3)9-8(14)7(13)6(12)5(4-11)16-9/h5-9,11-14H,4H2,1-3H3/t5?,6-,7-,8?,9+/m1/s1. The van der Waals surface area contributed by atoms with Gasteiger partial charge in [-0.2, -0.15) is 0 Å². The maximum atomic E-state index is 9.79. The van der Waals surface area contributed by atoms with Crippen LogP contribution in [0, 0.1) is 0 Å². The maximum Gasteiger partial charge on any atom is 0.115 e. The van der Waals surface area contributed by atoms with Crippen LogP contribution in [0.4, 0.5) is 0 Å². The maximum absolute atomic E-state index is 9.79. The highest BCUT2D eigenvalue weighted by molar-refractivity contribution is 4.98. The van der Waals surface area contributed by atoms with Crippen molar-refractivity contribution in [2.45, 2.75) is 50.0 Å².